The Kier molecular flexibility index (Phi) is 5.23. The van der Waals surface area contributed by atoms with Gasteiger partial charge in [0.15, 0.2) is 0 Å². The summed E-state index contributed by atoms with van der Waals surface area (Å²) in [4.78, 5) is 0. The second-order valence-electron chi connectivity index (χ2n) is 5.61. The van der Waals surface area contributed by atoms with Gasteiger partial charge < -0.3 is 14.8 Å². The molecule has 0 unspecified atom stereocenters. The highest BCUT2D eigenvalue weighted by Gasteiger charge is 2.26. The molecule has 0 aromatic heterocycles. The fraction of sp³-hybridized carbons (Fsp3) is 0.625. The van der Waals surface area contributed by atoms with Crippen molar-refractivity contribution in [1.82, 2.24) is 5.32 Å². The lowest BCUT2D eigenvalue weighted by Crippen LogP contribution is -2.36. The Morgan fingerprint density at radius 3 is 2.84 bits per heavy atom. The van der Waals surface area contributed by atoms with E-state index in [2.05, 4.69) is 30.4 Å². The molecule has 3 heteroatoms. The van der Waals surface area contributed by atoms with Crippen LogP contribution in [0.4, 0.5) is 0 Å². The summed E-state index contributed by atoms with van der Waals surface area (Å²) in [6, 6.07) is 8.32. The number of nitrogens with one attached hydrogen (secondary N) is 1. The van der Waals surface area contributed by atoms with E-state index in [1.54, 1.807) is 0 Å². The zero-order valence-electron chi connectivity index (χ0n) is 12.1. The minimum atomic E-state index is 0.385. The average molecular weight is 263 g/mol. The Labute approximate surface area is 116 Å². The zero-order valence-corrected chi connectivity index (χ0v) is 12.1. The van der Waals surface area contributed by atoms with Crippen LogP contribution in [-0.4, -0.2) is 26.4 Å². The van der Waals surface area contributed by atoms with Crippen LogP contribution >= 0.6 is 0 Å². The third-order valence-electron chi connectivity index (χ3n) is 3.79. The van der Waals surface area contributed by atoms with Crippen molar-refractivity contribution in [2.45, 2.75) is 33.2 Å². The van der Waals surface area contributed by atoms with Crippen LogP contribution < -0.4 is 10.1 Å². The van der Waals surface area contributed by atoms with Crippen LogP contribution in [0.3, 0.4) is 0 Å². The maximum Gasteiger partial charge on any atom is 0.119 e. The van der Waals surface area contributed by atoms with Gasteiger partial charge in [0.1, 0.15) is 5.75 Å². The van der Waals surface area contributed by atoms with Gasteiger partial charge in [-0.05, 0) is 42.9 Å². The molecule has 106 valence electrons. The number of ether oxygens (including phenoxy) is 2. The first kappa shape index (κ1) is 14.4. The van der Waals surface area contributed by atoms with Crippen molar-refractivity contribution in [3.8, 4) is 5.75 Å². The molecule has 1 saturated heterocycles. The molecule has 1 fully saturated rings. The van der Waals surface area contributed by atoms with Gasteiger partial charge >= 0.3 is 0 Å². The minimum absolute atomic E-state index is 0.385. The predicted octanol–water partition coefficient (Wildman–Crippen LogP) is 2.99. The summed E-state index contributed by atoms with van der Waals surface area (Å²) in [7, 11) is 0. The average Bonchev–Trinajstić information content (AvgIpc) is 2.40. The molecule has 0 bridgehead atoms. The maximum atomic E-state index is 5.52. The van der Waals surface area contributed by atoms with Gasteiger partial charge in [0.2, 0.25) is 0 Å². The van der Waals surface area contributed by atoms with Crippen molar-refractivity contribution in [1.29, 1.82) is 0 Å². The first-order chi connectivity index (χ1) is 9.22. The van der Waals surface area contributed by atoms with Crippen molar-refractivity contribution in [3.63, 3.8) is 0 Å². The second kappa shape index (κ2) is 6.92. The quantitative estimate of drug-likeness (QED) is 0.856. The molecule has 1 N–H and O–H groups in total. The highest BCUT2D eigenvalue weighted by molar-refractivity contribution is 5.28. The molecule has 1 heterocycles. The van der Waals surface area contributed by atoms with Gasteiger partial charge in [0.05, 0.1) is 6.61 Å². The maximum absolute atomic E-state index is 5.52. The van der Waals surface area contributed by atoms with Gasteiger partial charge in [-0.1, -0.05) is 19.1 Å². The molecule has 0 aliphatic carbocycles. The Morgan fingerprint density at radius 2 is 2.11 bits per heavy atom. The number of hydrogen-bond acceptors (Lipinski definition) is 3. The van der Waals surface area contributed by atoms with E-state index in [1.165, 1.54) is 5.56 Å². The summed E-state index contributed by atoms with van der Waals surface area (Å²) in [5.41, 5.74) is 1.66. The molecule has 1 aliphatic heterocycles. The highest BCUT2D eigenvalue weighted by Crippen LogP contribution is 2.28. The van der Waals surface area contributed by atoms with Gasteiger partial charge in [0.25, 0.3) is 0 Å². The lowest BCUT2D eigenvalue weighted by atomic mass is 9.82. The Morgan fingerprint density at radius 1 is 1.32 bits per heavy atom. The molecule has 2 rings (SSSR count). The molecular formula is C16H25NO2. The SMILES string of the molecule is CCOc1cccc(CNCC2(C)CCOCC2)c1. The summed E-state index contributed by atoms with van der Waals surface area (Å²) in [5.74, 6) is 0.957. The van der Waals surface area contributed by atoms with Crippen molar-refractivity contribution in [2.75, 3.05) is 26.4 Å². The molecule has 0 atom stereocenters. The summed E-state index contributed by atoms with van der Waals surface area (Å²) in [6.07, 6.45) is 2.30. The minimum Gasteiger partial charge on any atom is -0.494 e. The highest BCUT2D eigenvalue weighted by atomic mass is 16.5. The fourth-order valence-electron chi connectivity index (χ4n) is 2.46. The molecule has 0 saturated carbocycles. The second-order valence-corrected chi connectivity index (χ2v) is 5.61. The van der Waals surface area contributed by atoms with Gasteiger partial charge in [-0.2, -0.15) is 0 Å². The molecule has 19 heavy (non-hydrogen) atoms. The first-order valence-corrected chi connectivity index (χ1v) is 7.22. The molecular weight excluding hydrogens is 238 g/mol. The predicted molar refractivity (Wildman–Crippen MR) is 77.5 cm³/mol. The number of hydrogen-bond donors (Lipinski definition) is 1. The van der Waals surface area contributed by atoms with Crippen molar-refractivity contribution in [3.05, 3.63) is 29.8 Å². The summed E-state index contributed by atoms with van der Waals surface area (Å²) >= 11 is 0. The van der Waals surface area contributed by atoms with Crippen LogP contribution in [0.2, 0.25) is 0 Å². The number of benzene rings is 1. The first-order valence-electron chi connectivity index (χ1n) is 7.22. The van der Waals surface area contributed by atoms with Gasteiger partial charge in [-0.15, -0.1) is 0 Å². The Bertz CT molecular complexity index is 386. The number of rotatable bonds is 6. The van der Waals surface area contributed by atoms with Gasteiger partial charge in [-0.3, -0.25) is 0 Å². The van der Waals surface area contributed by atoms with Crippen molar-refractivity contribution >= 4 is 0 Å². The molecule has 0 radical (unpaired) electrons. The van der Waals surface area contributed by atoms with E-state index < -0.39 is 0 Å². The lowest BCUT2D eigenvalue weighted by molar-refractivity contribution is 0.0240. The van der Waals surface area contributed by atoms with Crippen LogP contribution in [0.5, 0.6) is 5.75 Å². The molecule has 3 nitrogen and oxygen atoms in total. The Balaban J connectivity index is 1.80. The normalized spacial score (nSPS) is 18.2. The van der Waals surface area contributed by atoms with E-state index >= 15 is 0 Å². The standard InChI is InChI=1S/C16H25NO2/c1-3-19-15-6-4-5-14(11-15)12-17-13-16(2)7-9-18-10-8-16/h4-6,11,17H,3,7-10,12-13H2,1-2H3. The van der Waals surface area contributed by atoms with E-state index in [0.29, 0.717) is 5.41 Å². The molecule has 1 aromatic rings. The van der Waals surface area contributed by atoms with Crippen LogP contribution in [0.25, 0.3) is 0 Å². The third kappa shape index (κ3) is 4.51. The molecule has 0 spiro atoms. The van der Waals surface area contributed by atoms with E-state index in [-0.39, 0.29) is 0 Å². The zero-order chi connectivity index (χ0) is 13.6. The Hall–Kier alpha value is -1.06. The lowest BCUT2D eigenvalue weighted by Gasteiger charge is -2.33. The summed E-state index contributed by atoms with van der Waals surface area (Å²) < 4.78 is 10.9. The van der Waals surface area contributed by atoms with Gasteiger partial charge in [0, 0.05) is 26.3 Å². The van der Waals surface area contributed by atoms with Crippen LogP contribution in [0.15, 0.2) is 24.3 Å². The molecule has 1 aliphatic rings. The third-order valence-corrected chi connectivity index (χ3v) is 3.79. The molecule has 1 aromatic carbocycles. The van der Waals surface area contributed by atoms with Crippen molar-refractivity contribution in [2.24, 2.45) is 5.41 Å². The molecule has 0 amide bonds. The van der Waals surface area contributed by atoms with Crippen LogP contribution in [-0.2, 0) is 11.3 Å². The van der Waals surface area contributed by atoms with Gasteiger partial charge in [-0.25, -0.2) is 0 Å². The van der Waals surface area contributed by atoms with Crippen LogP contribution in [0, 0.1) is 5.41 Å². The van der Waals surface area contributed by atoms with E-state index in [4.69, 9.17) is 9.47 Å². The smallest absolute Gasteiger partial charge is 0.119 e. The summed E-state index contributed by atoms with van der Waals surface area (Å²) in [5, 5.41) is 3.57. The monoisotopic (exact) mass is 263 g/mol. The summed E-state index contributed by atoms with van der Waals surface area (Å²) in [6.45, 7) is 8.83. The van der Waals surface area contributed by atoms with Crippen molar-refractivity contribution < 1.29 is 9.47 Å². The van der Waals surface area contributed by atoms with E-state index in [1.807, 2.05) is 13.0 Å². The van der Waals surface area contributed by atoms with E-state index in [0.717, 1.165) is 51.5 Å². The largest absolute Gasteiger partial charge is 0.494 e. The van der Waals surface area contributed by atoms with E-state index in [9.17, 15) is 0 Å². The fourth-order valence-corrected chi connectivity index (χ4v) is 2.46. The topological polar surface area (TPSA) is 30.5 Å². The van der Waals surface area contributed by atoms with Crippen LogP contribution in [0.1, 0.15) is 32.3 Å².